The Hall–Kier alpha value is -1.54. The van der Waals surface area contributed by atoms with Crippen molar-refractivity contribution in [1.82, 2.24) is 5.32 Å². The number of alkyl halides is 3. The lowest BCUT2D eigenvalue weighted by Crippen LogP contribution is -2.37. The molecular formula is C19H25F3N2. The minimum absolute atomic E-state index is 0.166. The second-order valence-corrected chi connectivity index (χ2v) is 6.96. The fourth-order valence-corrected chi connectivity index (χ4v) is 3.60. The van der Waals surface area contributed by atoms with Gasteiger partial charge in [0.15, 0.2) is 0 Å². The van der Waals surface area contributed by atoms with E-state index in [0.717, 1.165) is 37.7 Å². The number of rotatable bonds is 6. The van der Waals surface area contributed by atoms with Gasteiger partial charge in [0, 0.05) is 19.0 Å². The average molecular weight is 338 g/mol. The molecule has 1 aromatic rings. The van der Waals surface area contributed by atoms with Crippen LogP contribution in [-0.4, -0.2) is 12.2 Å². The molecule has 1 N–H and O–H groups in total. The SMILES string of the molecule is CC[C@]1(CC#N)CC[C@@H](NCc2cccc(CC(F)(F)F)c2)CC1. The Bertz CT molecular complexity index is 567. The molecule has 0 bridgehead atoms. The lowest BCUT2D eigenvalue weighted by molar-refractivity contribution is -0.127. The molecular weight excluding hydrogens is 313 g/mol. The van der Waals surface area contributed by atoms with Gasteiger partial charge in [-0.3, -0.25) is 0 Å². The molecule has 0 aromatic heterocycles. The Morgan fingerprint density at radius 2 is 1.92 bits per heavy atom. The lowest BCUT2D eigenvalue weighted by atomic mass is 9.69. The van der Waals surface area contributed by atoms with Gasteiger partial charge in [0.05, 0.1) is 12.5 Å². The van der Waals surface area contributed by atoms with Gasteiger partial charge in [0.1, 0.15) is 0 Å². The molecule has 1 aliphatic rings. The number of halogens is 3. The summed E-state index contributed by atoms with van der Waals surface area (Å²) in [4.78, 5) is 0. The molecule has 1 fully saturated rings. The normalized spacial score (nSPS) is 24.5. The molecule has 1 aromatic carbocycles. The number of nitrogens with one attached hydrogen (secondary N) is 1. The van der Waals surface area contributed by atoms with E-state index in [0.29, 0.717) is 24.6 Å². The molecule has 0 heterocycles. The van der Waals surface area contributed by atoms with Crippen molar-refractivity contribution in [3.05, 3.63) is 35.4 Å². The molecule has 0 atom stereocenters. The zero-order valence-electron chi connectivity index (χ0n) is 14.1. The lowest BCUT2D eigenvalue weighted by Gasteiger charge is -2.38. The first-order valence-electron chi connectivity index (χ1n) is 8.61. The summed E-state index contributed by atoms with van der Waals surface area (Å²) in [6, 6.07) is 9.41. The highest BCUT2D eigenvalue weighted by Gasteiger charge is 2.33. The van der Waals surface area contributed by atoms with Crippen LogP contribution in [0, 0.1) is 16.7 Å². The summed E-state index contributed by atoms with van der Waals surface area (Å²) in [5, 5.41) is 12.5. The molecule has 0 radical (unpaired) electrons. The van der Waals surface area contributed by atoms with Crippen molar-refractivity contribution < 1.29 is 13.2 Å². The van der Waals surface area contributed by atoms with Gasteiger partial charge in [-0.25, -0.2) is 0 Å². The van der Waals surface area contributed by atoms with Crippen molar-refractivity contribution in [1.29, 1.82) is 5.26 Å². The van der Waals surface area contributed by atoms with E-state index < -0.39 is 12.6 Å². The second-order valence-electron chi connectivity index (χ2n) is 6.96. The zero-order valence-corrected chi connectivity index (χ0v) is 14.1. The highest BCUT2D eigenvalue weighted by atomic mass is 19.4. The summed E-state index contributed by atoms with van der Waals surface area (Å²) in [5.41, 5.74) is 1.37. The molecule has 1 saturated carbocycles. The monoisotopic (exact) mass is 338 g/mol. The maximum absolute atomic E-state index is 12.5. The Kier molecular flexibility index (Phi) is 6.28. The van der Waals surface area contributed by atoms with Crippen molar-refractivity contribution in [2.45, 2.75) is 70.6 Å². The third-order valence-corrected chi connectivity index (χ3v) is 5.24. The predicted molar refractivity (Wildman–Crippen MR) is 88.3 cm³/mol. The van der Waals surface area contributed by atoms with Crippen molar-refractivity contribution in [2.75, 3.05) is 0 Å². The van der Waals surface area contributed by atoms with Gasteiger partial charge in [-0.05, 0) is 48.6 Å². The van der Waals surface area contributed by atoms with Gasteiger partial charge in [-0.2, -0.15) is 18.4 Å². The number of hydrogen-bond acceptors (Lipinski definition) is 2. The third kappa shape index (κ3) is 5.52. The van der Waals surface area contributed by atoms with Gasteiger partial charge in [-0.1, -0.05) is 31.2 Å². The van der Waals surface area contributed by atoms with Crippen LogP contribution in [0.25, 0.3) is 0 Å². The molecule has 0 spiro atoms. The van der Waals surface area contributed by atoms with Crippen molar-refractivity contribution in [3.8, 4) is 6.07 Å². The molecule has 132 valence electrons. The van der Waals surface area contributed by atoms with Gasteiger partial charge in [-0.15, -0.1) is 0 Å². The van der Waals surface area contributed by atoms with Gasteiger partial charge < -0.3 is 5.32 Å². The van der Waals surface area contributed by atoms with Crippen LogP contribution in [0.1, 0.15) is 56.6 Å². The highest BCUT2D eigenvalue weighted by molar-refractivity contribution is 5.24. The Morgan fingerprint density at radius 3 is 2.50 bits per heavy atom. The summed E-state index contributed by atoms with van der Waals surface area (Å²) in [6.07, 6.45) is 0.751. The van der Waals surface area contributed by atoms with Crippen LogP contribution in [-0.2, 0) is 13.0 Å². The van der Waals surface area contributed by atoms with Crippen LogP contribution < -0.4 is 5.32 Å². The van der Waals surface area contributed by atoms with E-state index >= 15 is 0 Å². The average Bonchev–Trinajstić information content (AvgIpc) is 2.53. The van der Waals surface area contributed by atoms with Crippen LogP contribution in [0.4, 0.5) is 13.2 Å². The maximum atomic E-state index is 12.5. The first-order chi connectivity index (χ1) is 11.4. The summed E-state index contributed by atoms with van der Waals surface area (Å²) in [5.74, 6) is 0. The maximum Gasteiger partial charge on any atom is 0.393 e. The van der Waals surface area contributed by atoms with Gasteiger partial charge >= 0.3 is 6.18 Å². The third-order valence-electron chi connectivity index (χ3n) is 5.24. The number of benzene rings is 1. The summed E-state index contributed by atoms with van der Waals surface area (Å²) in [7, 11) is 0. The minimum Gasteiger partial charge on any atom is -0.310 e. The number of nitriles is 1. The summed E-state index contributed by atoms with van der Waals surface area (Å²) < 4.78 is 37.4. The molecule has 24 heavy (non-hydrogen) atoms. The molecule has 1 aliphatic carbocycles. The minimum atomic E-state index is -4.17. The molecule has 2 rings (SSSR count). The Balaban J connectivity index is 1.85. The number of hydrogen-bond donors (Lipinski definition) is 1. The standard InChI is InChI=1S/C19H25F3N2/c1-2-18(10-11-23)8-6-17(7-9-18)24-14-16-5-3-4-15(12-16)13-19(20,21)22/h3-5,12,17,24H,2,6-10,13-14H2,1H3/t17-,18+. The van der Waals surface area contributed by atoms with Crippen LogP contribution in [0.15, 0.2) is 24.3 Å². The first-order valence-corrected chi connectivity index (χ1v) is 8.61. The van der Waals surface area contributed by atoms with Gasteiger partial charge in [0.25, 0.3) is 0 Å². The van der Waals surface area contributed by atoms with Crippen LogP contribution in [0.5, 0.6) is 0 Å². The van der Waals surface area contributed by atoms with E-state index in [1.165, 1.54) is 6.07 Å². The van der Waals surface area contributed by atoms with E-state index in [1.54, 1.807) is 12.1 Å². The Morgan fingerprint density at radius 1 is 1.25 bits per heavy atom. The van der Waals surface area contributed by atoms with Gasteiger partial charge in [0.2, 0.25) is 0 Å². The van der Waals surface area contributed by atoms with Crippen molar-refractivity contribution >= 4 is 0 Å². The van der Waals surface area contributed by atoms with Crippen LogP contribution in [0.2, 0.25) is 0 Å². The molecule has 0 saturated heterocycles. The fraction of sp³-hybridized carbons (Fsp3) is 0.632. The van der Waals surface area contributed by atoms with E-state index in [9.17, 15) is 13.2 Å². The summed E-state index contributed by atoms with van der Waals surface area (Å²) in [6.45, 7) is 2.74. The van der Waals surface area contributed by atoms with Crippen molar-refractivity contribution in [3.63, 3.8) is 0 Å². The van der Waals surface area contributed by atoms with E-state index in [4.69, 9.17) is 5.26 Å². The highest BCUT2D eigenvalue weighted by Crippen LogP contribution is 2.41. The second kappa shape index (κ2) is 8.02. The van der Waals surface area contributed by atoms with Crippen LogP contribution >= 0.6 is 0 Å². The molecule has 5 heteroatoms. The topological polar surface area (TPSA) is 35.8 Å². The largest absolute Gasteiger partial charge is 0.393 e. The smallest absolute Gasteiger partial charge is 0.310 e. The van der Waals surface area contributed by atoms with E-state index in [-0.39, 0.29) is 5.41 Å². The fourth-order valence-electron chi connectivity index (χ4n) is 3.60. The van der Waals surface area contributed by atoms with Crippen LogP contribution in [0.3, 0.4) is 0 Å². The quantitative estimate of drug-likeness (QED) is 0.780. The van der Waals surface area contributed by atoms with Crippen molar-refractivity contribution in [2.24, 2.45) is 5.41 Å². The van der Waals surface area contributed by atoms with E-state index in [1.807, 2.05) is 6.07 Å². The zero-order chi connectivity index (χ0) is 17.6. The molecule has 0 aliphatic heterocycles. The predicted octanol–water partition coefficient (Wildman–Crippen LogP) is 5.13. The summed E-state index contributed by atoms with van der Waals surface area (Å²) >= 11 is 0. The Labute approximate surface area is 142 Å². The molecule has 0 amide bonds. The first kappa shape index (κ1) is 18.8. The number of nitrogens with zero attached hydrogens (tertiary/aromatic N) is 1. The van der Waals surface area contributed by atoms with E-state index in [2.05, 4.69) is 18.3 Å². The molecule has 2 nitrogen and oxygen atoms in total. The molecule has 0 unspecified atom stereocenters.